The van der Waals surface area contributed by atoms with Crippen LogP contribution >= 0.6 is 0 Å². The Labute approximate surface area is 343 Å². The summed E-state index contributed by atoms with van der Waals surface area (Å²) >= 11 is 0. The van der Waals surface area contributed by atoms with Gasteiger partial charge < -0.3 is 9.84 Å². The minimum Gasteiger partial charge on any atom is -0.493 e. The molecule has 2 aromatic heterocycles. The van der Waals surface area contributed by atoms with Crippen molar-refractivity contribution in [2.24, 2.45) is 30.7 Å². The summed E-state index contributed by atoms with van der Waals surface area (Å²) in [4.78, 5) is 3.60. The van der Waals surface area contributed by atoms with Crippen LogP contribution in [0.3, 0.4) is 0 Å². The van der Waals surface area contributed by atoms with Gasteiger partial charge in [-0.2, -0.15) is 45.9 Å². The zero-order valence-corrected chi connectivity index (χ0v) is 34.1. The van der Waals surface area contributed by atoms with Gasteiger partial charge in [-0.05, 0) is 92.8 Å². The van der Waals surface area contributed by atoms with Gasteiger partial charge in [0.1, 0.15) is 33.7 Å². The second kappa shape index (κ2) is 17.5. The maximum absolute atomic E-state index is 12.4. The van der Waals surface area contributed by atoms with Crippen LogP contribution in [0, 0.1) is 18.3 Å². The van der Waals surface area contributed by atoms with Gasteiger partial charge in [0.25, 0.3) is 30.4 Å². The molecule has 1 aliphatic rings. The first-order valence-corrected chi connectivity index (χ1v) is 22.4. The van der Waals surface area contributed by atoms with E-state index in [1.165, 1.54) is 40.8 Å². The molecular formula is C37H35N9O11S3. The number of imidazole rings is 1. The molecule has 0 saturated heterocycles. The first-order chi connectivity index (χ1) is 28.4. The molecular weight excluding hydrogens is 843 g/mol. The summed E-state index contributed by atoms with van der Waals surface area (Å²) in [5, 5.41) is 46.7. The second-order valence-corrected chi connectivity index (χ2v) is 17.6. The van der Waals surface area contributed by atoms with E-state index in [0.29, 0.717) is 41.7 Å². The first kappa shape index (κ1) is 43.3. The maximum Gasteiger partial charge on any atom is 0.296 e. The van der Waals surface area contributed by atoms with Crippen molar-refractivity contribution in [2.75, 3.05) is 12.4 Å². The number of pyridine rings is 1. The lowest BCUT2D eigenvalue weighted by Gasteiger charge is -2.13. The summed E-state index contributed by atoms with van der Waals surface area (Å²) in [6, 6.07) is 13.3. The number of nitriles is 1. The predicted molar refractivity (Wildman–Crippen MR) is 216 cm³/mol. The first-order valence-electron chi connectivity index (χ1n) is 17.9. The van der Waals surface area contributed by atoms with E-state index >= 15 is 0 Å². The number of aryl methyl sites for hydroxylation is 2. The molecule has 6 rings (SSSR count). The number of hydrogen-bond acceptors (Lipinski definition) is 16. The van der Waals surface area contributed by atoms with Crippen LogP contribution in [0.4, 0.5) is 34.1 Å². The van der Waals surface area contributed by atoms with Crippen LogP contribution in [-0.2, 0) is 43.2 Å². The third-order valence-electron chi connectivity index (χ3n) is 8.90. The molecule has 1 aliphatic carbocycles. The van der Waals surface area contributed by atoms with E-state index in [1.807, 2.05) is 19.1 Å². The summed E-state index contributed by atoms with van der Waals surface area (Å²) < 4.78 is 106. The third kappa shape index (κ3) is 9.93. The van der Waals surface area contributed by atoms with Gasteiger partial charge in [-0.15, -0.1) is 15.3 Å². The normalized spacial score (nSPS) is 13.5. The van der Waals surface area contributed by atoms with Crippen molar-refractivity contribution in [2.45, 2.75) is 55.7 Å². The van der Waals surface area contributed by atoms with Gasteiger partial charge in [-0.1, -0.05) is 19.4 Å². The van der Waals surface area contributed by atoms with E-state index in [1.54, 1.807) is 6.92 Å². The van der Waals surface area contributed by atoms with Crippen LogP contribution in [-0.4, -0.2) is 65.8 Å². The highest BCUT2D eigenvalue weighted by Gasteiger charge is 2.25. The van der Waals surface area contributed by atoms with Crippen LogP contribution in [0.25, 0.3) is 11.7 Å². The Morgan fingerprint density at radius 2 is 1.53 bits per heavy atom. The SMILES string of the molecule is CCCc1c(/N=N\c2cc(C)c(N=Nc3ccc(/N=N\c4ccc(S(=O)(=O)O)cc4)cc3S(=O)(=O)O)cc2OCCCS(=O)(=O)O)c(O)n2c3c(nc2c1C#N)CCC=C3. The Hall–Kier alpha value is -6.29. The van der Waals surface area contributed by atoms with Crippen molar-refractivity contribution in [3.8, 4) is 17.7 Å². The van der Waals surface area contributed by atoms with Crippen LogP contribution in [0.2, 0.25) is 0 Å². The Kier molecular flexibility index (Phi) is 12.6. The number of aromatic nitrogens is 2. The van der Waals surface area contributed by atoms with Crippen LogP contribution in [0.15, 0.2) is 101 Å². The second-order valence-electron chi connectivity index (χ2n) is 13.2. The van der Waals surface area contributed by atoms with Gasteiger partial charge in [-0.25, -0.2) is 4.98 Å². The van der Waals surface area contributed by atoms with E-state index in [9.17, 15) is 44.7 Å². The summed E-state index contributed by atoms with van der Waals surface area (Å²) in [7, 11) is -13.6. The van der Waals surface area contributed by atoms with E-state index in [2.05, 4.69) is 41.7 Å². The number of aromatic hydroxyl groups is 1. The largest absolute Gasteiger partial charge is 0.493 e. The molecule has 0 bridgehead atoms. The van der Waals surface area contributed by atoms with E-state index < -0.39 is 41.0 Å². The Morgan fingerprint density at radius 1 is 0.850 bits per heavy atom. The minimum atomic E-state index is -4.90. The van der Waals surface area contributed by atoms with Gasteiger partial charge in [0, 0.05) is 11.6 Å². The molecule has 0 unspecified atom stereocenters. The molecule has 0 amide bonds. The lowest BCUT2D eigenvalue weighted by Crippen LogP contribution is -2.08. The third-order valence-corrected chi connectivity index (χ3v) is 11.5. The van der Waals surface area contributed by atoms with Crippen LogP contribution in [0.5, 0.6) is 11.6 Å². The lowest BCUT2D eigenvalue weighted by molar-refractivity contribution is 0.317. The van der Waals surface area contributed by atoms with E-state index in [0.717, 1.165) is 30.3 Å². The monoisotopic (exact) mass is 877 g/mol. The lowest BCUT2D eigenvalue weighted by atomic mass is 10.0. The molecule has 0 saturated carbocycles. The average Bonchev–Trinajstić information content (AvgIpc) is 3.58. The van der Waals surface area contributed by atoms with Gasteiger partial charge in [0.15, 0.2) is 11.3 Å². The van der Waals surface area contributed by atoms with Crippen molar-refractivity contribution < 1.29 is 48.8 Å². The molecule has 0 radical (unpaired) electrons. The number of hydrogen-bond donors (Lipinski definition) is 4. The standard InChI is InChI=1S/C37H35N9O11S3/c1-3-7-26-27(21-38)36-39-28-8-4-5-9-32(28)46(36)37(47)35(26)45-44-31-18-22(2)30(20-33(31)57-16-6-17-58(48,49)50)43-42-29-15-12-24(19-34(29)60(54,55)56)41-40-23-10-13-25(14-11-23)59(51,52)53/h5,9-15,18-20,47H,3-4,6-8,16-17H2,1-2H3,(H,48,49,50)(H,51,52,53)(H,54,55,56)/b41-40-,43-42?,45-44-. The highest BCUT2D eigenvalue weighted by atomic mass is 32.2. The van der Waals surface area contributed by atoms with Crippen molar-refractivity contribution >= 4 is 76.2 Å². The molecule has 3 aromatic carbocycles. The number of allylic oxidation sites excluding steroid dienone is 1. The molecule has 5 aromatic rings. The fraction of sp³-hybridized carbons (Fsp3) is 0.243. The molecule has 0 spiro atoms. The number of benzene rings is 3. The highest BCUT2D eigenvalue weighted by molar-refractivity contribution is 7.86. The van der Waals surface area contributed by atoms with Crippen molar-refractivity contribution in [1.82, 2.24) is 9.38 Å². The van der Waals surface area contributed by atoms with Gasteiger partial charge >= 0.3 is 0 Å². The molecule has 20 nitrogen and oxygen atoms in total. The van der Waals surface area contributed by atoms with Gasteiger partial charge in [0.05, 0.1) is 45.7 Å². The Bertz CT molecular complexity index is 3010. The number of nitrogens with zero attached hydrogens (tertiary/aromatic N) is 9. The van der Waals surface area contributed by atoms with Crippen molar-refractivity contribution in [1.29, 1.82) is 5.26 Å². The Balaban J connectivity index is 1.37. The number of ether oxygens (including phenoxy) is 1. The molecule has 60 heavy (non-hydrogen) atoms. The molecule has 4 N–H and O–H groups in total. The molecule has 23 heteroatoms. The topological polar surface area (TPSA) is 308 Å². The zero-order chi connectivity index (χ0) is 43.4. The zero-order valence-electron chi connectivity index (χ0n) is 31.7. The molecule has 312 valence electrons. The number of azo groups is 3. The summed E-state index contributed by atoms with van der Waals surface area (Å²) in [6.45, 7) is 3.30. The highest BCUT2D eigenvalue weighted by Crippen LogP contribution is 2.42. The van der Waals surface area contributed by atoms with E-state index in [-0.39, 0.29) is 69.2 Å². The predicted octanol–water partition coefficient (Wildman–Crippen LogP) is 8.53. The number of fused-ring (bicyclic) bond motifs is 3. The van der Waals surface area contributed by atoms with Crippen molar-refractivity contribution in [3.05, 3.63) is 88.8 Å². The van der Waals surface area contributed by atoms with Crippen molar-refractivity contribution in [3.63, 3.8) is 0 Å². The summed E-state index contributed by atoms with van der Waals surface area (Å²) in [5.41, 5.74) is 2.76. The average molecular weight is 878 g/mol. The maximum atomic E-state index is 12.4. The number of rotatable bonds is 15. The molecule has 0 fully saturated rings. The quantitative estimate of drug-likeness (QED) is 0.0436. The molecule has 2 heterocycles. The molecule has 0 atom stereocenters. The molecule has 0 aliphatic heterocycles. The van der Waals surface area contributed by atoms with Crippen LogP contribution in [0.1, 0.15) is 54.3 Å². The van der Waals surface area contributed by atoms with Gasteiger partial charge in [-0.3, -0.25) is 18.1 Å². The van der Waals surface area contributed by atoms with E-state index in [4.69, 9.17) is 9.29 Å². The fourth-order valence-electron chi connectivity index (χ4n) is 6.09. The fourth-order valence-corrected chi connectivity index (χ4v) is 7.70. The van der Waals surface area contributed by atoms with Crippen LogP contribution < -0.4 is 4.74 Å². The summed E-state index contributed by atoms with van der Waals surface area (Å²) in [6.07, 6.45) is 5.94. The Morgan fingerprint density at radius 3 is 2.20 bits per heavy atom. The smallest absolute Gasteiger partial charge is 0.296 e. The minimum absolute atomic E-state index is 0.00470. The van der Waals surface area contributed by atoms with Gasteiger partial charge in [0.2, 0.25) is 5.88 Å². The summed E-state index contributed by atoms with van der Waals surface area (Å²) in [5.74, 6) is -0.887.